The summed E-state index contributed by atoms with van der Waals surface area (Å²) in [5.41, 5.74) is 9.66. The lowest BCUT2D eigenvalue weighted by atomic mass is 10.1. The molecule has 44 heavy (non-hydrogen) atoms. The van der Waals surface area contributed by atoms with Crippen molar-refractivity contribution in [2.24, 2.45) is 0 Å². The molecule has 4 heterocycles. The first-order valence-electron chi connectivity index (χ1n) is 15.3. The summed E-state index contributed by atoms with van der Waals surface area (Å²) >= 11 is 0. The van der Waals surface area contributed by atoms with Crippen molar-refractivity contribution in [2.75, 3.05) is 0 Å². The fourth-order valence-electron chi connectivity index (χ4n) is 7.33. The average Bonchev–Trinajstić information content (AvgIpc) is 3.69. The first-order valence-corrected chi connectivity index (χ1v) is 15.3. The number of aromatic nitrogens is 4. The SMILES string of the molecule is CCc1c(C)c2ccccc2n1-c1cccc(-n2c3ccccc3c3cc4c5ccccc5n(-c5ccccc5)c4cc32)n1. The van der Waals surface area contributed by atoms with Gasteiger partial charge in [-0.1, -0.05) is 85.8 Å². The van der Waals surface area contributed by atoms with Crippen LogP contribution < -0.4 is 0 Å². The predicted molar refractivity (Wildman–Crippen MR) is 184 cm³/mol. The van der Waals surface area contributed by atoms with Gasteiger partial charge in [0.1, 0.15) is 11.6 Å². The molecule has 0 fully saturated rings. The van der Waals surface area contributed by atoms with Gasteiger partial charge in [0.15, 0.2) is 0 Å². The van der Waals surface area contributed by atoms with Crippen LogP contribution in [0.2, 0.25) is 0 Å². The largest absolute Gasteiger partial charge is 0.309 e. The monoisotopic (exact) mass is 566 g/mol. The van der Waals surface area contributed by atoms with E-state index in [4.69, 9.17) is 4.98 Å². The summed E-state index contributed by atoms with van der Waals surface area (Å²) in [5.74, 6) is 1.85. The van der Waals surface area contributed by atoms with Crippen molar-refractivity contribution in [3.05, 3.63) is 145 Å². The second-order valence-corrected chi connectivity index (χ2v) is 11.6. The Labute approximate surface area is 255 Å². The van der Waals surface area contributed by atoms with Crippen molar-refractivity contribution in [3.63, 3.8) is 0 Å². The molecule has 9 aromatic rings. The molecular formula is C40H30N4. The van der Waals surface area contributed by atoms with E-state index < -0.39 is 0 Å². The smallest absolute Gasteiger partial charge is 0.140 e. The van der Waals surface area contributed by atoms with Crippen LogP contribution in [0.3, 0.4) is 0 Å². The van der Waals surface area contributed by atoms with Crippen LogP contribution in [0.25, 0.3) is 71.8 Å². The third-order valence-corrected chi connectivity index (χ3v) is 9.24. The summed E-state index contributed by atoms with van der Waals surface area (Å²) in [7, 11) is 0. The van der Waals surface area contributed by atoms with Gasteiger partial charge in [0, 0.05) is 38.3 Å². The molecule has 0 aliphatic carbocycles. The molecule has 0 unspecified atom stereocenters. The van der Waals surface area contributed by atoms with Gasteiger partial charge in [0.25, 0.3) is 0 Å². The molecule has 4 heteroatoms. The number of hydrogen-bond acceptors (Lipinski definition) is 1. The fourth-order valence-corrected chi connectivity index (χ4v) is 7.33. The highest BCUT2D eigenvalue weighted by Gasteiger charge is 2.20. The lowest BCUT2D eigenvalue weighted by Crippen LogP contribution is -2.05. The molecule has 0 atom stereocenters. The highest BCUT2D eigenvalue weighted by Crippen LogP contribution is 2.39. The lowest BCUT2D eigenvalue weighted by Gasteiger charge is -2.13. The summed E-state index contributed by atoms with van der Waals surface area (Å²) in [6, 6.07) is 47.9. The topological polar surface area (TPSA) is 27.7 Å². The van der Waals surface area contributed by atoms with Gasteiger partial charge in [-0.3, -0.25) is 9.13 Å². The number of hydrogen-bond donors (Lipinski definition) is 0. The maximum Gasteiger partial charge on any atom is 0.140 e. The van der Waals surface area contributed by atoms with Crippen LogP contribution in [-0.4, -0.2) is 18.7 Å². The third kappa shape index (κ3) is 3.42. The van der Waals surface area contributed by atoms with Crippen molar-refractivity contribution in [1.82, 2.24) is 18.7 Å². The van der Waals surface area contributed by atoms with Gasteiger partial charge in [0.2, 0.25) is 0 Å². The lowest BCUT2D eigenvalue weighted by molar-refractivity contribution is 0.907. The zero-order valence-corrected chi connectivity index (χ0v) is 24.7. The van der Waals surface area contributed by atoms with E-state index in [0.29, 0.717) is 0 Å². The van der Waals surface area contributed by atoms with Crippen molar-refractivity contribution >= 4 is 54.5 Å². The quantitative estimate of drug-likeness (QED) is 0.208. The fraction of sp³-hybridized carbons (Fsp3) is 0.0750. The van der Waals surface area contributed by atoms with Crippen LogP contribution in [0, 0.1) is 6.92 Å². The molecule has 5 aromatic carbocycles. The number of pyridine rings is 1. The molecule has 0 amide bonds. The van der Waals surface area contributed by atoms with Gasteiger partial charge in [-0.05, 0) is 73.5 Å². The summed E-state index contributed by atoms with van der Waals surface area (Å²) in [5, 5.41) is 6.25. The summed E-state index contributed by atoms with van der Waals surface area (Å²) < 4.78 is 7.07. The van der Waals surface area contributed by atoms with E-state index in [1.165, 1.54) is 54.7 Å². The van der Waals surface area contributed by atoms with E-state index in [9.17, 15) is 0 Å². The Morgan fingerprint density at radius 2 is 0.977 bits per heavy atom. The molecular weight excluding hydrogens is 536 g/mol. The minimum atomic E-state index is 0.910. The second-order valence-electron chi connectivity index (χ2n) is 11.6. The molecule has 0 saturated heterocycles. The second kappa shape index (κ2) is 9.45. The van der Waals surface area contributed by atoms with Crippen LogP contribution in [0.4, 0.5) is 0 Å². The molecule has 210 valence electrons. The molecule has 4 aromatic heterocycles. The zero-order chi connectivity index (χ0) is 29.4. The summed E-state index contributed by atoms with van der Waals surface area (Å²) in [6.07, 6.45) is 0.934. The first kappa shape index (κ1) is 24.9. The normalized spacial score (nSPS) is 12.0. The van der Waals surface area contributed by atoms with Crippen LogP contribution in [-0.2, 0) is 6.42 Å². The van der Waals surface area contributed by atoms with Crippen LogP contribution in [0.15, 0.2) is 133 Å². The van der Waals surface area contributed by atoms with E-state index in [-0.39, 0.29) is 0 Å². The van der Waals surface area contributed by atoms with Gasteiger partial charge in [-0.2, -0.15) is 0 Å². The van der Waals surface area contributed by atoms with E-state index in [0.717, 1.165) is 34.8 Å². The van der Waals surface area contributed by atoms with Gasteiger partial charge < -0.3 is 4.57 Å². The maximum absolute atomic E-state index is 5.38. The zero-order valence-electron chi connectivity index (χ0n) is 24.7. The molecule has 4 nitrogen and oxygen atoms in total. The van der Waals surface area contributed by atoms with Gasteiger partial charge in [0.05, 0.1) is 27.6 Å². The molecule has 0 bridgehead atoms. The van der Waals surface area contributed by atoms with Gasteiger partial charge >= 0.3 is 0 Å². The van der Waals surface area contributed by atoms with Gasteiger partial charge in [-0.15, -0.1) is 0 Å². The Morgan fingerprint density at radius 1 is 0.455 bits per heavy atom. The maximum atomic E-state index is 5.38. The number of benzene rings is 5. The van der Waals surface area contributed by atoms with E-state index in [1.54, 1.807) is 0 Å². The number of fused-ring (bicyclic) bond motifs is 7. The first-order chi connectivity index (χ1) is 21.7. The summed E-state index contributed by atoms with van der Waals surface area (Å²) in [4.78, 5) is 5.38. The minimum Gasteiger partial charge on any atom is -0.309 e. The molecule has 9 rings (SSSR count). The number of rotatable bonds is 4. The molecule has 0 N–H and O–H groups in total. The predicted octanol–water partition coefficient (Wildman–Crippen LogP) is 10.1. The van der Waals surface area contributed by atoms with Crippen molar-refractivity contribution in [2.45, 2.75) is 20.3 Å². The highest BCUT2D eigenvalue weighted by molar-refractivity contribution is 6.19. The minimum absolute atomic E-state index is 0.910. The Bertz CT molecular complexity index is 2540. The molecule has 0 aliphatic heterocycles. The highest BCUT2D eigenvalue weighted by atomic mass is 15.1. The van der Waals surface area contributed by atoms with Crippen molar-refractivity contribution in [3.8, 4) is 17.3 Å². The Morgan fingerprint density at radius 3 is 1.64 bits per heavy atom. The Balaban J connectivity index is 1.37. The van der Waals surface area contributed by atoms with Crippen LogP contribution >= 0.6 is 0 Å². The number of para-hydroxylation sites is 4. The third-order valence-electron chi connectivity index (χ3n) is 9.24. The van der Waals surface area contributed by atoms with E-state index in [1.807, 2.05) is 0 Å². The molecule has 0 aliphatic rings. The van der Waals surface area contributed by atoms with Crippen LogP contribution in [0.5, 0.6) is 0 Å². The van der Waals surface area contributed by atoms with E-state index in [2.05, 4.69) is 161 Å². The number of nitrogens with zero attached hydrogens (tertiary/aromatic N) is 4. The van der Waals surface area contributed by atoms with Crippen molar-refractivity contribution < 1.29 is 0 Å². The number of aryl methyl sites for hydroxylation is 1. The van der Waals surface area contributed by atoms with Gasteiger partial charge in [-0.25, -0.2) is 4.98 Å². The molecule has 0 radical (unpaired) electrons. The van der Waals surface area contributed by atoms with Crippen molar-refractivity contribution in [1.29, 1.82) is 0 Å². The molecule has 0 saturated carbocycles. The van der Waals surface area contributed by atoms with Crippen LogP contribution in [0.1, 0.15) is 18.2 Å². The average molecular weight is 567 g/mol. The molecule has 0 spiro atoms. The Hall–Kier alpha value is -5.61. The standard InChI is InChI=1S/C40H30N4/c1-3-33-26(2)28-16-7-10-19-34(28)43(33)39-22-13-23-40(41-39)44-36-21-12-9-18-30(36)32-24-31-29-17-8-11-20-35(29)42(37(31)25-38(32)44)27-14-5-4-6-15-27/h4-25H,3H2,1-2H3. The van der Waals surface area contributed by atoms with E-state index >= 15 is 0 Å². The Kier molecular flexibility index (Phi) is 5.36. The summed E-state index contributed by atoms with van der Waals surface area (Å²) in [6.45, 7) is 4.46.